The Balaban J connectivity index is 0.000000276. The van der Waals surface area contributed by atoms with Crippen molar-refractivity contribution in [2.45, 2.75) is 129 Å². The average Bonchev–Trinajstić information content (AvgIpc) is 3.05. The number of nitrogens with one attached hydrogen (secondary N) is 2. The predicted octanol–water partition coefficient (Wildman–Crippen LogP) is 9.33. The molecule has 0 amide bonds. The van der Waals surface area contributed by atoms with E-state index in [4.69, 9.17) is 23.1 Å². The van der Waals surface area contributed by atoms with E-state index in [9.17, 15) is 18.0 Å². The van der Waals surface area contributed by atoms with Crippen molar-refractivity contribution in [1.29, 1.82) is 0 Å². The summed E-state index contributed by atoms with van der Waals surface area (Å²) < 4.78 is 38.7. The highest BCUT2D eigenvalue weighted by Gasteiger charge is 2.37. The monoisotopic (exact) mass is 732 g/mol. The number of rotatable bonds is 17. The Morgan fingerprint density at radius 3 is 2.00 bits per heavy atom. The molecule has 15 heteroatoms. The number of nitrogens with two attached hydrogens (primary N) is 2. The number of unbranched alkanes of at least 4 members (excludes halogenated alkanes) is 3. The number of anilines is 4. The van der Waals surface area contributed by atoms with E-state index in [0.29, 0.717) is 51.6 Å². The van der Waals surface area contributed by atoms with Gasteiger partial charge in [-0.25, -0.2) is 15.0 Å². The molecule has 4 heterocycles. The lowest BCUT2D eigenvalue weighted by Gasteiger charge is -2.33. The van der Waals surface area contributed by atoms with Gasteiger partial charge in [0.2, 0.25) is 11.9 Å². The predicted molar refractivity (Wildman–Crippen MR) is 201 cm³/mol. The number of ketones is 1. The molecule has 51 heavy (non-hydrogen) atoms. The van der Waals surface area contributed by atoms with Crippen LogP contribution in [0.5, 0.6) is 0 Å². The summed E-state index contributed by atoms with van der Waals surface area (Å²) in [6, 6.07) is 5.25. The first-order valence-corrected chi connectivity index (χ1v) is 17.9. The molecule has 0 aliphatic rings. The zero-order valence-electron chi connectivity index (χ0n) is 30.5. The number of carbonyl (C=O) groups excluding carboxylic acids is 1. The molecule has 0 aromatic carbocycles. The van der Waals surface area contributed by atoms with Crippen molar-refractivity contribution >= 4 is 63.0 Å². The maximum atomic E-state index is 12.9. The third kappa shape index (κ3) is 12.9. The van der Waals surface area contributed by atoms with Crippen LogP contribution in [0.15, 0.2) is 30.6 Å². The van der Waals surface area contributed by atoms with Crippen molar-refractivity contribution in [3.05, 3.63) is 35.6 Å². The zero-order valence-corrected chi connectivity index (χ0v) is 31.3. The van der Waals surface area contributed by atoms with Crippen LogP contribution in [0.3, 0.4) is 0 Å². The maximum absolute atomic E-state index is 12.9. The van der Waals surface area contributed by atoms with E-state index >= 15 is 0 Å². The highest BCUT2D eigenvalue weighted by Crippen LogP contribution is 2.35. The molecule has 0 aliphatic carbocycles. The summed E-state index contributed by atoms with van der Waals surface area (Å²) in [5.74, 6) is 0.153. The fourth-order valence-electron chi connectivity index (χ4n) is 5.73. The standard InChI is InChI=1S/C18H26ClN5O.C18H26F3N5/c1-4-5-6-8-18(3,9-7-12(2)25)24-16-15-14(22-17(20)23-16)10-13(19)11-21-15;1-4-5-9-17(3,10-8-12(2)18(19,20)21)26-15-14-13(7-6-11-23-14)24-16(22)25-15/h10-11H,4-9H2,1-3H3,(H3,20,22,23,24);6-7,11-12H,4-5,8-10H2,1-3H3,(H3,22,24,25,26)/t18-;12-,17-/m11/s1. The molecule has 280 valence electrons. The van der Waals surface area contributed by atoms with Gasteiger partial charge in [-0.3, -0.25) is 4.98 Å². The summed E-state index contributed by atoms with van der Waals surface area (Å²) in [5, 5.41) is 7.30. The van der Waals surface area contributed by atoms with Gasteiger partial charge in [0.1, 0.15) is 16.8 Å². The highest BCUT2D eigenvalue weighted by atomic mass is 35.5. The lowest BCUT2D eigenvalue weighted by Crippen LogP contribution is -2.37. The number of hydrogen-bond donors (Lipinski definition) is 4. The molecule has 4 rings (SSSR count). The van der Waals surface area contributed by atoms with Gasteiger partial charge in [-0.05, 0) is 71.1 Å². The molecule has 0 saturated carbocycles. The van der Waals surface area contributed by atoms with E-state index < -0.39 is 17.6 Å². The van der Waals surface area contributed by atoms with Crippen molar-refractivity contribution in [3.63, 3.8) is 0 Å². The van der Waals surface area contributed by atoms with E-state index in [1.165, 1.54) is 6.92 Å². The second-order valence-electron chi connectivity index (χ2n) is 13.9. The molecular weight excluding hydrogens is 681 g/mol. The van der Waals surface area contributed by atoms with E-state index in [-0.39, 0.29) is 29.6 Å². The Bertz CT molecular complexity index is 1740. The van der Waals surface area contributed by atoms with Crippen molar-refractivity contribution in [2.24, 2.45) is 5.92 Å². The fraction of sp³-hybridized carbons (Fsp3) is 0.583. The average molecular weight is 733 g/mol. The molecule has 0 spiro atoms. The zero-order chi connectivity index (χ0) is 37.8. The Hall–Kier alpha value is -4.07. The van der Waals surface area contributed by atoms with Gasteiger partial charge in [-0.1, -0.05) is 64.5 Å². The highest BCUT2D eigenvalue weighted by molar-refractivity contribution is 6.31. The van der Waals surface area contributed by atoms with Gasteiger partial charge in [0.05, 0.1) is 22.0 Å². The van der Waals surface area contributed by atoms with Gasteiger partial charge in [-0.2, -0.15) is 23.1 Å². The second kappa shape index (κ2) is 18.4. The van der Waals surface area contributed by atoms with Crippen LogP contribution in [-0.2, 0) is 4.79 Å². The summed E-state index contributed by atoms with van der Waals surface area (Å²) >= 11 is 6.00. The van der Waals surface area contributed by atoms with Gasteiger partial charge >= 0.3 is 6.18 Å². The van der Waals surface area contributed by atoms with Crippen LogP contribution >= 0.6 is 11.6 Å². The minimum Gasteiger partial charge on any atom is -0.368 e. The second-order valence-corrected chi connectivity index (χ2v) is 14.3. The lowest BCUT2D eigenvalue weighted by atomic mass is 9.86. The molecule has 3 atom stereocenters. The molecule has 0 aliphatic heterocycles. The number of halogens is 4. The molecule has 4 aromatic heterocycles. The number of nitrogen functional groups attached to an aromatic ring is 2. The van der Waals surface area contributed by atoms with Gasteiger partial charge < -0.3 is 26.9 Å². The molecule has 0 unspecified atom stereocenters. The summed E-state index contributed by atoms with van der Waals surface area (Å²) in [6.45, 7) is 11.1. The van der Waals surface area contributed by atoms with Gasteiger partial charge in [0.15, 0.2) is 11.6 Å². The van der Waals surface area contributed by atoms with Crippen LogP contribution in [-0.4, -0.2) is 52.9 Å². The van der Waals surface area contributed by atoms with E-state index in [1.807, 2.05) is 6.92 Å². The van der Waals surface area contributed by atoms with Crippen LogP contribution in [0, 0.1) is 5.92 Å². The molecule has 0 fully saturated rings. The van der Waals surface area contributed by atoms with Crippen LogP contribution in [0.25, 0.3) is 22.1 Å². The number of pyridine rings is 2. The van der Waals surface area contributed by atoms with E-state index in [0.717, 1.165) is 51.4 Å². The first kappa shape index (κ1) is 41.4. The smallest absolute Gasteiger partial charge is 0.368 e. The van der Waals surface area contributed by atoms with E-state index in [2.05, 4.69) is 61.3 Å². The number of hydrogen-bond acceptors (Lipinski definition) is 11. The third-order valence-corrected chi connectivity index (χ3v) is 9.17. The Labute approximate surface area is 303 Å². The Morgan fingerprint density at radius 2 is 1.41 bits per heavy atom. The molecular formula is C36H52ClF3N10O. The summed E-state index contributed by atoms with van der Waals surface area (Å²) in [7, 11) is 0. The molecule has 0 saturated heterocycles. The maximum Gasteiger partial charge on any atom is 0.391 e. The number of aromatic nitrogens is 6. The largest absolute Gasteiger partial charge is 0.391 e. The topological polar surface area (TPSA) is 171 Å². The van der Waals surface area contributed by atoms with Crippen LogP contribution in [0.4, 0.5) is 36.7 Å². The number of carbonyl (C=O) groups is 1. The third-order valence-electron chi connectivity index (χ3n) is 8.96. The van der Waals surface area contributed by atoms with Crippen molar-refractivity contribution < 1.29 is 18.0 Å². The molecule has 4 aromatic rings. The number of nitrogens with zero attached hydrogens (tertiary/aromatic N) is 6. The minimum atomic E-state index is -4.18. The first-order chi connectivity index (χ1) is 24.0. The SMILES string of the molecule is CCCCC[C@](C)(CCC(C)=O)Nc1nc(N)nc2cc(Cl)cnc12.CCCC[C@](C)(CC[C@@H](C)C(F)(F)F)Nc1nc(N)nc2cccnc12. The number of alkyl halides is 3. The van der Waals surface area contributed by atoms with E-state index in [1.54, 1.807) is 37.5 Å². The minimum absolute atomic E-state index is 0.0443. The number of fused-ring (bicyclic) bond motifs is 2. The van der Waals surface area contributed by atoms with Crippen LogP contribution in [0.2, 0.25) is 5.02 Å². The van der Waals surface area contributed by atoms with Crippen molar-refractivity contribution in [2.75, 3.05) is 22.1 Å². The van der Waals surface area contributed by atoms with Gasteiger partial charge in [0, 0.05) is 29.9 Å². The molecule has 6 N–H and O–H groups in total. The van der Waals surface area contributed by atoms with Crippen LogP contribution in [0.1, 0.15) is 112 Å². The summed E-state index contributed by atoms with van der Waals surface area (Å²) in [5.41, 5.74) is 13.2. The Kier molecular flexibility index (Phi) is 14.9. The van der Waals surface area contributed by atoms with Crippen LogP contribution < -0.4 is 22.1 Å². The van der Waals surface area contributed by atoms with Crippen molar-refractivity contribution in [3.8, 4) is 0 Å². The van der Waals surface area contributed by atoms with Crippen molar-refractivity contribution in [1.82, 2.24) is 29.9 Å². The van der Waals surface area contributed by atoms with Gasteiger partial charge in [-0.15, -0.1) is 0 Å². The molecule has 11 nitrogen and oxygen atoms in total. The molecule has 0 bridgehead atoms. The fourth-order valence-corrected chi connectivity index (χ4v) is 5.88. The Morgan fingerprint density at radius 1 is 0.843 bits per heavy atom. The summed E-state index contributed by atoms with van der Waals surface area (Å²) in [4.78, 5) is 37.1. The number of Topliss-reactive ketones (excluding diaryl/α,β-unsaturated/α-hetero) is 1. The summed E-state index contributed by atoms with van der Waals surface area (Å²) in [6.07, 6.45) is 7.57. The first-order valence-electron chi connectivity index (χ1n) is 17.6. The quantitative estimate of drug-likeness (QED) is 0.0763. The molecule has 0 radical (unpaired) electrons. The lowest BCUT2D eigenvalue weighted by molar-refractivity contribution is -0.171. The van der Waals surface area contributed by atoms with Gasteiger partial charge in [0.25, 0.3) is 0 Å². The normalized spacial score (nSPS) is 14.6.